The molecule has 0 heterocycles. The van der Waals surface area contributed by atoms with Crippen LogP contribution >= 0.6 is 0 Å². The molecule has 4 heteroatoms. The van der Waals surface area contributed by atoms with Gasteiger partial charge >= 0.3 is 49.8 Å². The first-order valence-corrected chi connectivity index (χ1v) is 1.02. The van der Waals surface area contributed by atoms with E-state index in [4.69, 9.17) is 5.11 Å². The maximum atomic E-state index is 7.57. The van der Waals surface area contributed by atoms with Crippen LogP contribution in [0.15, 0.2) is 0 Å². The predicted octanol–water partition coefficient (Wildman–Crippen LogP) is -2.93. The van der Waals surface area contributed by atoms with E-state index in [1.807, 2.05) is 0 Å². The van der Waals surface area contributed by atoms with Crippen LogP contribution in [0.1, 0.15) is 6.92 Å². The van der Waals surface area contributed by atoms with Crippen molar-refractivity contribution in [2.75, 3.05) is 6.61 Å². The summed E-state index contributed by atoms with van der Waals surface area (Å²) in [7, 11) is 0. The molecule has 0 atom stereocenters. The molecule has 0 fully saturated rings. The summed E-state index contributed by atoms with van der Waals surface area (Å²) in [5, 5.41) is 7.57. The van der Waals surface area contributed by atoms with E-state index < -0.39 is 0 Å². The summed E-state index contributed by atoms with van der Waals surface area (Å²) in [6, 6.07) is 0. The van der Waals surface area contributed by atoms with Crippen LogP contribution in [0.5, 0.6) is 0 Å². The van der Waals surface area contributed by atoms with Gasteiger partial charge in [0.25, 0.3) is 0 Å². The number of hydrogen-bond donors (Lipinski definition) is 1. The third kappa shape index (κ3) is 46.6. The molecule has 40 valence electrons. The van der Waals surface area contributed by atoms with Gasteiger partial charge in [0, 0.05) is 6.61 Å². The van der Waals surface area contributed by atoms with Gasteiger partial charge in [0.2, 0.25) is 0 Å². The second kappa shape index (κ2) is 30.7. The molecule has 0 aliphatic heterocycles. The Balaban J connectivity index is -0.00000000667. The molecule has 0 saturated carbocycles. The molecule has 0 aromatic rings. The van der Waals surface area contributed by atoms with Gasteiger partial charge in [0.15, 0.2) is 0 Å². The molecular weight excluding hydrogens is 290 g/mol. The van der Waals surface area contributed by atoms with Crippen molar-refractivity contribution in [2.24, 2.45) is 0 Å². The zero-order valence-corrected chi connectivity index (χ0v) is 7.40. The van der Waals surface area contributed by atoms with Crippen molar-refractivity contribution >= 4 is 49.8 Å². The van der Waals surface area contributed by atoms with E-state index in [-0.39, 0.29) is 61.8 Å². The molecule has 0 rings (SSSR count). The van der Waals surface area contributed by atoms with E-state index >= 15 is 0 Å². The molecule has 2 nitrogen and oxygen atoms in total. The Labute approximate surface area is 73.4 Å². The van der Waals surface area contributed by atoms with Crippen LogP contribution in [-0.2, 0) is 0 Å². The van der Waals surface area contributed by atoms with Crippen molar-refractivity contribution in [1.82, 2.24) is 0 Å². The van der Waals surface area contributed by atoms with Gasteiger partial charge in [-0.25, -0.2) is 0 Å². The van der Waals surface area contributed by atoms with Crippen molar-refractivity contribution in [2.45, 2.75) is 6.92 Å². The Hall–Kier alpha value is 1.59. The summed E-state index contributed by atoms with van der Waals surface area (Å²) in [6.07, 6.45) is 0. The molecule has 0 aromatic carbocycles. The predicted molar refractivity (Wildman–Crippen MR) is 34.9 cm³/mol. The maximum absolute atomic E-state index is 7.57. The zero-order chi connectivity index (χ0) is 2.71. The Morgan fingerprint density at radius 2 is 1.50 bits per heavy atom. The van der Waals surface area contributed by atoms with Crippen LogP contribution in [0, 0.1) is 0 Å². The number of rotatable bonds is 0. The molecule has 0 bridgehead atoms. The van der Waals surface area contributed by atoms with Crippen LogP contribution in [0.4, 0.5) is 0 Å². The number of hydrogen-bond acceptors (Lipinski definition) is 1. The van der Waals surface area contributed by atoms with E-state index in [2.05, 4.69) is 0 Å². The standard InChI is InChI=1S/C2H6O.In.H2O.Sn.5H/c1-2-3;;;;;;;;/h3H,2H2,1H3;;1H2;;;;;;. The molecule has 0 saturated heterocycles. The quantitative estimate of drug-likeness (QED) is 0.479. The molecule has 0 aromatic heterocycles. The van der Waals surface area contributed by atoms with Crippen LogP contribution in [0.25, 0.3) is 0 Å². The summed E-state index contributed by atoms with van der Waals surface area (Å²) in [5.74, 6) is 0. The number of aliphatic hydroxyl groups is 1. The molecule has 0 unspecified atom stereocenters. The summed E-state index contributed by atoms with van der Waals surface area (Å²) >= 11 is 0. The van der Waals surface area contributed by atoms with Gasteiger partial charge in [0.05, 0.1) is 0 Å². The zero-order valence-electron chi connectivity index (χ0n) is 3.36. The summed E-state index contributed by atoms with van der Waals surface area (Å²) in [4.78, 5) is 0. The Morgan fingerprint density at radius 1 is 1.50 bits per heavy atom. The summed E-state index contributed by atoms with van der Waals surface area (Å²) in [6.45, 7) is 1.93. The fourth-order valence-electron chi connectivity index (χ4n) is 0. The van der Waals surface area contributed by atoms with Crippen molar-refractivity contribution < 1.29 is 10.6 Å². The molecule has 3 N–H and O–H groups in total. The molecule has 2 radical (unpaired) electrons. The van der Waals surface area contributed by atoms with E-state index in [9.17, 15) is 0 Å². The van der Waals surface area contributed by atoms with E-state index in [0.717, 1.165) is 0 Å². The molecule has 0 aliphatic carbocycles. The van der Waals surface area contributed by atoms with Crippen molar-refractivity contribution in [1.29, 1.82) is 0 Å². The van der Waals surface area contributed by atoms with Gasteiger partial charge in [-0.15, -0.1) is 0 Å². The average molecular weight is 303 g/mol. The van der Waals surface area contributed by atoms with Gasteiger partial charge in [0.1, 0.15) is 0 Å². The average Bonchev–Trinajstić information content (AvgIpc) is 0.918. The molecule has 0 amide bonds. The van der Waals surface area contributed by atoms with Gasteiger partial charge in [-0.3, -0.25) is 0 Å². The molecule has 6 heavy (non-hydrogen) atoms. The first-order valence-electron chi connectivity index (χ1n) is 1.02. The summed E-state index contributed by atoms with van der Waals surface area (Å²) in [5.41, 5.74) is 0. The van der Waals surface area contributed by atoms with Gasteiger partial charge in [-0.2, -0.15) is 0 Å². The fraction of sp³-hybridized carbons (Fsp3) is 1.00. The summed E-state index contributed by atoms with van der Waals surface area (Å²) < 4.78 is 0. The number of aliphatic hydroxyl groups excluding tert-OH is 1. The third-order valence-electron chi connectivity index (χ3n) is 0. The Bertz CT molecular complexity index is 11.5. The second-order valence-electron chi connectivity index (χ2n) is 0.316. The topological polar surface area (TPSA) is 51.7 Å². The van der Waals surface area contributed by atoms with Crippen LogP contribution < -0.4 is 0 Å². The van der Waals surface area contributed by atoms with Gasteiger partial charge in [-0.05, 0) is 6.92 Å². The van der Waals surface area contributed by atoms with Crippen molar-refractivity contribution in [3.63, 3.8) is 0 Å². The molecule has 0 aliphatic rings. The van der Waals surface area contributed by atoms with Crippen LogP contribution in [0.2, 0.25) is 0 Å². The fourth-order valence-corrected chi connectivity index (χ4v) is 0. The van der Waals surface area contributed by atoms with Crippen LogP contribution in [0.3, 0.4) is 0 Å². The van der Waals surface area contributed by atoms with Crippen molar-refractivity contribution in [3.05, 3.63) is 0 Å². The third-order valence-corrected chi connectivity index (χ3v) is 0. The Morgan fingerprint density at radius 3 is 1.50 bits per heavy atom. The van der Waals surface area contributed by atoms with Crippen LogP contribution in [-0.4, -0.2) is 66.9 Å². The van der Waals surface area contributed by atoms with Crippen molar-refractivity contribution in [3.8, 4) is 0 Å². The first kappa shape index (κ1) is 25.6. The first-order chi connectivity index (χ1) is 1.41. The van der Waals surface area contributed by atoms with E-state index in [1.165, 1.54) is 0 Å². The SMILES string of the molecule is CCO.O.[InH3].[SnH2]. The minimum atomic E-state index is 0. The van der Waals surface area contributed by atoms with E-state index in [1.54, 1.807) is 6.92 Å². The van der Waals surface area contributed by atoms with E-state index in [0.29, 0.717) is 0 Å². The van der Waals surface area contributed by atoms with Gasteiger partial charge in [-0.1, -0.05) is 0 Å². The second-order valence-corrected chi connectivity index (χ2v) is 0.316. The monoisotopic (exact) mass is 304 g/mol. The van der Waals surface area contributed by atoms with Gasteiger partial charge < -0.3 is 10.6 Å². The normalized spacial score (nSPS) is 3.00. The molecular formula is C2H13InO2Sn. The minimum absolute atomic E-state index is 0. The molecule has 0 spiro atoms. The Kier molecular flexibility index (Phi) is 131.